The molecule has 3 aliphatic rings. The van der Waals surface area contributed by atoms with Crippen LogP contribution in [0.2, 0.25) is 0 Å². The Bertz CT molecular complexity index is 1380. The number of para-hydroxylation sites is 2. The summed E-state index contributed by atoms with van der Waals surface area (Å²) in [7, 11) is 0. The Hall–Kier alpha value is -3.56. The van der Waals surface area contributed by atoms with Crippen molar-refractivity contribution in [3.05, 3.63) is 70.8 Å². The van der Waals surface area contributed by atoms with Gasteiger partial charge >= 0.3 is 5.97 Å². The molecule has 0 bridgehead atoms. The number of carbonyl (C=O) groups excluding carboxylic acids is 2. The summed E-state index contributed by atoms with van der Waals surface area (Å²) in [5, 5.41) is 12.4. The van der Waals surface area contributed by atoms with E-state index in [9.17, 15) is 19.6 Å². The summed E-state index contributed by atoms with van der Waals surface area (Å²) in [6, 6.07) is 13.1. The van der Waals surface area contributed by atoms with E-state index in [0.717, 1.165) is 5.06 Å². The monoisotopic (exact) mass is 432 g/mol. The molecular weight excluding hydrogens is 412 g/mol. The lowest BCUT2D eigenvalue weighted by molar-refractivity contribution is -0.209. The molecule has 1 amide bonds. The van der Waals surface area contributed by atoms with E-state index >= 15 is 0 Å². The van der Waals surface area contributed by atoms with E-state index < -0.39 is 29.3 Å². The predicted molar refractivity (Wildman–Crippen MR) is 113 cm³/mol. The van der Waals surface area contributed by atoms with E-state index in [1.807, 2.05) is 0 Å². The van der Waals surface area contributed by atoms with Crippen molar-refractivity contribution in [3.63, 3.8) is 0 Å². The maximum atomic E-state index is 13.2. The number of anilines is 1. The number of hydroxylamine groups is 2. The van der Waals surface area contributed by atoms with Crippen molar-refractivity contribution in [2.45, 2.75) is 43.6 Å². The van der Waals surface area contributed by atoms with Crippen LogP contribution in [0.5, 0.6) is 0 Å². The zero-order valence-electron chi connectivity index (χ0n) is 17.4. The Morgan fingerprint density at radius 3 is 2.59 bits per heavy atom. The van der Waals surface area contributed by atoms with Gasteiger partial charge in [0.05, 0.1) is 22.9 Å². The van der Waals surface area contributed by atoms with Gasteiger partial charge in [-0.15, -0.1) is 5.06 Å². The Morgan fingerprint density at radius 1 is 1.06 bits per heavy atom. The minimum Gasteiger partial charge on any atom is -0.449 e. The molecule has 3 atom stereocenters. The fraction of sp³-hybridized carbons (Fsp3) is 0.304. The first-order valence-electron chi connectivity index (χ1n) is 10.4. The van der Waals surface area contributed by atoms with Crippen LogP contribution in [0.3, 0.4) is 0 Å². The molecule has 0 unspecified atom stereocenters. The maximum Gasteiger partial charge on any atom is 0.330 e. The number of fused-ring (bicyclic) bond motifs is 6. The van der Waals surface area contributed by atoms with Gasteiger partial charge in [-0.1, -0.05) is 30.3 Å². The fourth-order valence-electron chi connectivity index (χ4n) is 5.25. The van der Waals surface area contributed by atoms with Gasteiger partial charge in [0.2, 0.25) is 0 Å². The summed E-state index contributed by atoms with van der Waals surface area (Å²) in [5.41, 5.74) is -1.10. The number of amides is 1. The van der Waals surface area contributed by atoms with Crippen LogP contribution < -0.4 is 10.5 Å². The minimum atomic E-state index is -1.32. The van der Waals surface area contributed by atoms with Gasteiger partial charge in [-0.2, -0.15) is 0 Å². The molecule has 32 heavy (non-hydrogen) atoms. The normalized spacial score (nSPS) is 28.4. The van der Waals surface area contributed by atoms with Crippen molar-refractivity contribution in [1.29, 1.82) is 0 Å². The summed E-state index contributed by atoms with van der Waals surface area (Å²) in [5.74, 6) is -0.898. The van der Waals surface area contributed by atoms with Crippen molar-refractivity contribution < 1.29 is 19.5 Å². The summed E-state index contributed by atoms with van der Waals surface area (Å²) >= 11 is 0. The van der Waals surface area contributed by atoms with E-state index in [0.29, 0.717) is 22.2 Å². The van der Waals surface area contributed by atoms with Gasteiger partial charge in [0.15, 0.2) is 11.8 Å². The number of nitrogens with zero attached hydrogens (tertiary/aromatic N) is 4. The molecule has 6 rings (SSSR count). The van der Waals surface area contributed by atoms with Gasteiger partial charge in [-0.25, -0.2) is 9.78 Å². The molecule has 3 aliphatic heterocycles. The van der Waals surface area contributed by atoms with Crippen LogP contribution in [-0.4, -0.2) is 43.4 Å². The van der Waals surface area contributed by atoms with Crippen LogP contribution in [-0.2, 0) is 19.9 Å². The maximum absolute atomic E-state index is 13.2. The van der Waals surface area contributed by atoms with E-state index in [1.165, 1.54) is 15.8 Å². The molecule has 1 N–H and O–H groups in total. The molecule has 1 spiro atoms. The third-order valence-electron chi connectivity index (χ3n) is 6.91. The lowest BCUT2D eigenvalue weighted by Gasteiger charge is -2.35. The Balaban J connectivity index is 1.52. The van der Waals surface area contributed by atoms with Crippen LogP contribution in [0.1, 0.15) is 31.9 Å². The van der Waals surface area contributed by atoms with Crippen LogP contribution >= 0.6 is 0 Å². The molecule has 2 saturated heterocycles. The topological polar surface area (TPSA) is 105 Å². The average Bonchev–Trinajstić information content (AvgIpc) is 3.33. The van der Waals surface area contributed by atoms with Gasteiger partial charge in [0.1, 0.15) is 11.6 Å². The molecule has 9 nitrogen and oxygen atoms in total. The second kappa shape index (κ2) is 6.02. The van der Waals surface area contributed by atoms with Crippen molar-refractivity contribution in [1.82, 2.24) is 14.6 Å². The molecule has 9 heteroatoms. The molecule has 0 saturated carbocycles. The highest BCUT2D eigenvalue weighted by Crippen LogP contribution is 2.58. The molecule has 0 radical (unpaired) electrons. The van der Waals surface area contributed by atoms with Crippen molar-refractivity contribution in [2.75, 3.05) is 4.90 Å². The number of hydrogen-bond acceptors (Lipinski definition) is 7. The average molecular weight is 432 g/mol. The van der Waals surface area contributed by atoms with Gasteiger partial charge < -0.3 is 9.94 Å². The molecule has 0 aliphatic carbocycles. The van der Waals surface area contributed by atoms with E-state index in [2.05, 4.69) is 4.98 Å². The second-order valence-corrected chi connectivity index (χ2v) is 8.97. The first-order chi connectivity index (χ1) is 15.3. The number of ether oxygens (including phenoxy) is 1. The van der Waals surface area contributed by atoms with E-state index in [-0.39, 0.29) is 17.9 Å². The lowest BCUT2D eigenvalue weighted by atomic mass is 9.88. The number of carbonyl (C=O) groups is 2. The van der Waals surface area contributed by atoms with Crippen LogP contribution in [0.25, 0.3) is 10.9 Å². The van der Waals surface area contributed by atoms with E-state index in [4.69, 9.17) is 4.74 Å². The van der Waals surface area contributed by atoms with Crippen LogP contribution in [0.15, 0.2) is 59.7 Å². The first-order valence-corrected chi connectivity index (χ1v) is 10.4. The zero-order chi connectivity index (χ0) is 22.4. The molecule has 162 valence electrons. The Labute approximate surface area is 182 Å². The summed E-state index contributed by atoms with van der Waals surface area (Å²) in [6.45, 7) is 3.24. The molecule has 4 heterocycles. The van der Waals surface area contributed by atoms with Crippen molar-refractivity contribution in [3.8, 4) is 0 Å². The number of rotatable bonds is 1. The molecule has 2 fully saturated rings. The zero-order valence-corrected chi connectivity index (χ0v) is 17.4. The number of esters is 1. The van der Waals surface area contributed by atoms with Gasteiger partial charge in [0, 0.05) is 12.0 Å². The second-order valence-electron chi connectivity index (χ2n) is 8.97. The van der Waals surface area contributed by atoms with Gasteiger partial charge in [0.25, 0.3) is 11.5 Å². The quantitative estimate of drug-likeness (QED) is 0.586. The van der Waals surface area contributed by atoms with E-state index in [1.54, 1.807) is 62.4 Å². The third kappa shape index (κ3) is 2.14. The predicted octanol–water partition coefficient (Wildman–Crippen LogP) is 1.94. The molecular formula is C23H20N4O5. The SMILES string of the molecule is CC1(C)C(=O)N2c3ccccc3[C@]3(C[C@@H](n4cnc5ccccc5c4=O)C(=O)O3)[C@H]2N1O. The molecule has 2 aromatic carbocycles. The highest BCUT2D eigenvalue weighted by Gasteiger charge is 2.70. The standard InChI is InChI=1S/C23H20N4O5/c1-22(2)21(30)26-16-10-6-4-8-14(16)23(20(26)27(22)31)11-17(19(29)32-23)25-12-24-15-9-5-3-7-13(15)18(25)28/h3-10,12,17,20,31H,11H2,1-2H3/t17-,20-,23-/m1/s1. The third-order valence-corrected chi connectivity index (χ3v) is 6.91. The highest BCUT2D eigenvalue weighted by atomic mass is 16.6. The van der Waals surface area contributed by atoms with Crippen LogP contribution in [0.4, 0.5) is 5.69 Å². The van der Waals surface area contributed by atoms with Crippen molar-refractivity contribution >= 4 is 28.5 Å². The number of hydrogen-bond donors (Lipinski definition) is 1. The first kappa shape index (κ1) is 19.1. The summed E-state index contributed by atoms with van der Waals surface area (Å²) in [6.07, 6.45) is 0.499. The smallest absolute Gasteiger partial charge is 0.330 e. The Kier molecular flexibility index (Phi) is 3.60. The highest BCUT2D eigenvalue weighted by molar-refractivity contribution is 6.05. The van der Waals surface area contributed by atoms with Gasteiger partial charge in [-0.3, -0.25) is 19.1 Å². The number of aromatic nitrogens is 2. The Morgan fingerprint density at radius 2 is 1.78 bits per heavy atom. The summed E-state index contributed by atoms with van der Waals surface area (Å²) in [4.78, 5) is 45.3. The van der Waals surface area contributed by atoms with Crippen molar-refractivity contribution in [2.24, 2.45) is 0 Å². The lowest BCUT2D eigenvalue weighted by Crippen LogP contribution is -2.52. The fourth-order valence-corrected chi connectivity index (χ4v) is 5.25. The largest absolute Gasteiger partial charge is 0.449 e. The molecule has 3 aromatic rings. The van der Waals surface area contributed by atoms with Gasteiger partial charge in [-0.05, 0) is 32.0 Å². The summed E-state index contributed by atoms with van der Waals surface area (Å²) < 4.78 is 7.26. The molecule has 1 aromatic heterocycles. The van der Waals surface area contributed by atoms with Crippen LogP contribution in [0, 0.1) is 0 Å². The number of benzene rings is 2. The minimum absolute atomic E-state index is 0.0738.